The van der Waals surface area contributed by atoms with E-state index in [0.29, 0.717) is 0 Å². The van der Waals surface area contributed by atoms with Gasteiger partial charge in [0.25, 0.3) is 0 Å². The Kier molecular flexibility index (Phi) is 7.15. The predicted molar refractivity (Wildman–Crippen MR) is 79.6 cm³/mol. The van der Waals surface area contributed by atoms with Gasteiger partial charge in [0.15, 0.2) is 0 Å². The molecule has 1 aliphatic rings. The van der Waals surface area contributed by atoms with Crippen LogP contribution in [-0.4, -0.2) is 6.61 Å². The second-order valence-electron chi connectivity index (χ2n) is 5.27. The fourth-order valence-corrected chi connectivity index (χ4v) is 2.82. The van der Waals surface area contributed by atoms with Gasteiger partial charge >= 0.3 is 0 Å². The molecule has 1 heteroatoms. The summed E-state index contributed by atoms with van der Waals surface area (Å²) < 4.78 is 6.05. The molecule has 0 amide bonds. The lowest BCUT2D eigenvalue weighted by atomic mass is 9.88. The molecule has 0 saturated carbocycles. The fourth-order valence-electron chi connectivity index (χ4n) is 2.82. The molecule has 0 aromatic carbocycles. The molecule has 0 aromatic rings. The fraction of sp³-hybridized carbons (Fsp3) is 0.765. The predicted octanol–water partition coefficient (Wildman–Crippen LogP) is 5.77. The summed E-state index contributed by atoms with van der Waals surface area (Å²) in [6.45, 7) is 9.92. The minimum absolute atomic E-state index is 0.853. The Bertz CT molecular complexity index is 278. The lowest BCUT2D eigenvalue weighted by molar-refractivity contribution is 0.211. The summed E-state index contributed by atoms with van der Waals surface area (Å²) in [6, 6.07) is 0. The molecule has 1 aliphatic heterocycles. The first-order valence-electron chi connectivity index (χ1n) is 7.84. The van der Waals surface area contributed by atoms with E-state index in [4.69, 9.17) is 4.74 Å². The van der Waals surface area contributed by atoms with E-state index in [-0.39, 0.29) is 0 Å². The highest BCUT2D eigenvalue weighted by molar-refractivity contribution is 5.40. The first-order chi connectivity index (χ1) is 8.78. The van der Waals surface area contributed by atoms with Gasteiger partial charge in [-0.15, -0.1) is 0 Å². The van der Waals surface area contributed by atoms with Gasteiger partial charge in [0.1, 0.15) is 6.61 Å². The van der Waals surface area contributed by atoms with Crippen molar-refractivity contribution in [3.05, 3.63) is 22.5 Å². The normalized spacial score (nSPS) is 16.2. The minimum Gasteiger partial charge on any atom is -0.493 e. The van der Waals surface area contributed by atoms with E-state index in [1.54, 1.807) is 16.7 Å². The molecule has 104 valence electrons. The standard InChI is InChI=1S/C17H30O/c1-5-9-14-13-18-17(12-8-4)16(11-7-3)15(14)10-6-2/h5-13H2,1-4H3. The largest absolute Gasteiger partial charge is 0.493 e. The highest BCUT2D eigenvalue weighted by atomic mass is 16.5. The summed E-state index contributed by atoms with van der Waals surface area (Å²) in [5, 5.41) is 0. The zero-order valence-corrected chi connectivity index (χ0v) is 12.8. The van der Waals surface area contributed by atoms with Crippen LogP contribution in [-0.2, 0) is 4.74 Å². The Hall–Kier alpha value is -0.720. The van der Waals surface area contributed by atoms with Gasteiger partial charge in [-0.25, -0.2) is 0 Å². The van der Waals surface area contributed by atoms with Crippen molar-refractivity contribution in [2.45, 2.75) is 79.1 Å². The molecule has 0 bridgehead atoms. The number of allylic oxidation sites excluding steroid dienone is 3. The molecule has 0 unspecified atom stereocenters. The van der Waals surface area contributed by atoms with Crippen LogP contribution in [0.5, 0.6) is 0 Å². The van der Waals surface area contributed by atoms with Crippen LogP contribution in [0.1, 0.15) is 79.1 Å². The molecule has 1 nitrogen and oxygen atoms in total. The molecule has 0 aliphatic carbocycles. The maximum Gasteiger partial charge on any atom is 0.109 e. The van der Waals surface area contributed by atoms with Gasteiger partial charge < -0.3 is 4.74 Å². The van der Waals surface area contributed by atoms with Gasteiger partial charge in [-0.1, -0.05) is 47.0 Å². The Morgan fingerprint density at radius 3 is 1.83 bits per heavy atom. The second kappa shape index (κ2) is 8.39. The molecule has 0 fully saturated rings. The summed E-state index contributed by atoms with van der Waals surface area (Å²) in [5.41, 5.74) is 4.77. The first kappa shape index (κ1) is 15.3. The summed E-state index contributed by atoms with van der Waals surface area (Å²) in [5.74, 6) is 1.29. The van der Waals surface area contributed by atoms with Crippen LogP contribution >= 0.6 is 0 Å². The second-order valence-corrected chi connectivity index (χ2v) is 5.27. The molecule has 18 heavy (non-hydrogen) atoms. The van der Waals surface area contributed by atoms with Crippen molar-refractivity contribution in [1.82, 2.24) is 0 Å². The molecule has 0 spiro atoms. The van der Waals surface area contributed by atoms with Gasteiger partial charge in [0.2, 0.25) is 0 Å². The van der Waals surface area contributed by atoms with Gasteiger partial charge in [0, 0.05) is 6.42 Å². The number of rotatable bonds is 8. The highest BCUT2D eigenvalue weighted by Gasteiger charge is 2.20. The lowest BCUT2D eigenvalue weighted by Crippen LogP contribution is -2.13. The average molecular weight is 250 g/mol. The average Bonchev–Trinajstić information content (AvgIpc) is 2.37. The van der Waals surface area contributed by atoms with Crippen LogP contribution in [0, 0.1) is 0 Å². The Morgan fingerprint density at radius 2 is 1.28 bits per heavy atom. The summed E-state index contributed by atoms with van der Waals surface area (Å²) in [6.07, 6.45) is 9.64. The molecule has 0 aromatic heterocycles. The van der Waals surface area contributed by atoms with Gasteiger partial charge in [0.05, 0.1) is 5.76 Å². The maximum absolute atomic E-state index is 6.05. The van der Waals surface area contributed by atoms with E-state index in [9.17, 15) is 0 Å². The minimum atomic E-state index is 0.853. The molecule has 0 N–H and O–H groups in total. The number of hydrogen-bond donors (Lipinski definition) is 0. The van der Waals surface area contributed by atoms with Crippen molar-refractivity contribution in [3.63, 3.8) is 0 Å². The zero-order valence-electron chi connectivity index (χ0n) is 12.8. The van der Waals surface area contributed by atoms with Crippen LogP contribution in [0.2, 0.25) is 0 Å². The number of hydrogen-bond acceptors (Lipinski definition) is 1. The Balaban J connectivity index is 3.05. The van der Waals surface area contributed by atoms with Crippen LogP contribution in [0.15, 0.2) is 22.5 Å². The Morgan fingerprint density at radius 1 is 0.722 bits per heavy atom. The molecule has 0 radical (unpaired) electrons. The van der Waals surface area contributed by atoms with Crippen molar-refractivity contribution < 1.29 is 4.74 Å². The van der Waals surface area contributed by atoms with Crippen LogP contribution in [0.3, 0.4) is 0 Å². The van der Waals surface area contributed by atoms with E-state index in [1.807, 2.05) is 0 Å². The molecular formula is C17H30O. The van der Waals surface area contributed by atoms with E-state index in [0.717, 1.165) is 13.0 Å². The van der Waals surface area contributed by atoms with Crippen molar-refractivity contribution >= 4 is 0 Å². The van der Waals surface area contributed by atoms with Crippen molar-refractivity contribution in [1.29, 1.82) is 0 Å². The number of ether oxygens (including phenoxy) is 1. The van der Waals surface area contributed by atoms with E-state index >= 15 is 0 Å². The molecule has 0 atom stereocenters. The third-order valence-electron chi connectivity index (χ3n) is 3.58. The first-order valence-corrected chi connectivity index (χ1v) is 7.84. The quantitative estimate of drug-likeness (QED) is 0.531. The van der Waals surface area contributed by atoms with Gasteiger partial charge in [-0.05, 0) is 42.4 Å². The van der Waals surface area contributed by atoms with Crippen LogP contribution < -0.4 is 0 Å². The SMILES string of the molecule is CCCC1=C(CCC)C(CCC)=C(CCC)OC1. The summed E-state index contributed by atoms with van der Waals surface area (Å²) >= 11 is 0. The monoisotopic (exact) mass is 250 g/mol. The highest BCUT2D eigenvalue weighted by Crippen LogP contribution is 2.35. The zero-order chi connectivity index (χ0) is 13.4. The summed E-state index contributed by atoms with van der Waals surface area (Å²) in [4.78, 5) is 0. The smallest absolute Gasteiger partial charge is 0.109 e. The molecular weight excluding hydrogens is 220 g/mol. The van der Waals surface area contributed by atoms with Crippen LogP contribution in [0.25, 0.3) is 0 Å². The summed E-state index contributed by atoms with van der Waals surface area (Å²) in [7, 11) is 0. The van der Waals surface area contributed by atoms with Crippen molar-refractivity contribution in [3.8, 4) is 0 Å². The molecule has 1 heterocycles. The third-order valence-corrected chi connectivity index (χ3v) is 3.58. The van der Waals surface area contributed by atoms with Crippen molar-refractivity contribution in [2.24, 2.45) is 0 Å². The lowest BCUT2D eigenvalue weighted by Gasteiger charge is -2.27. The third kappa shape index (κ3) is 3.90. The maximum atomic E-state index is 6.05. The van der Waals surface area contributed by atoms with Crippen molar-refractivity contribution in [2.75, 3.05) is 6.61 Å². The molecule has 1 rings (SSSR count). The molecule has 0 saturated heterocycles. The topological polar surface area (TPSA) is 9.23 Å². The Labute approximate surface area is 113 Å². The van der Waals surface area contributed by atoms with E-state index < -0.39 is 0 Å². The van der Waals surface area contributed by atoms with Gasteiger partial charge in [-0.3, -0.25) is 0 Å². The van der Waals surface area contributed by atoms with E-state index in [1.165, 1.54) is 50.7 Å². The van der Waals surface area contributed by atoms with Crippen LogP contribution in [0.4, 0.5) is 0 Å². The van der Waals surface area contributed by atoms with Gasteiger partial charge in [-0.2, -0.15) is 0 Å². The van der Waals surface area contributed by atoms with E-state index in [2.05, 4.69) is 27.7 Å².